The van der Waals surface area contributed by atoms with Gasteiger partial charge in [0, 0.05) is 18.1 Å². The zero-order chi connectivity index (χ0) is 11.4. The Labute approximate surface area is 100 Å². The van der Waals surface area contributed by atoms with Crippen molar-refractivity contribution in [1.82, 2.24) is 10.2 Å². The number of hydrogen-bond acceptors (Lipinski definition) is 2. The lowest BCUT2D eigenvalue weighted by atomic mass is 9.96. The number of allylic oxidation sites excluding steroid dienone is 1. The van der Waals surface area contributed by atoms with E-state index in [4.69, 9.17) is 0 Å². The van der Waals surface area contributed by atoms with Crippen molar-refractivity contribution in [3.05, 3.63) is 12.7 Å². The lowest BCUT2D eigenvalue weighted by molar-refractivity contribution is 0.161. The predicted molar refractivity (Wildman–Crippen MR) is 69.6 cm³/mol. The van der Waals surface area contributed by atoms with E-state index in [1.54, 1.807) is 0 Å². The molecule has 0 aliphatic carbocycles. The van der Waals surface area contributed by atoms with Crippen molar-refractivity contribution in [3.63, 3.8) is 0 Å². The smallest absolute Gasteiger partial charge is 0.0111 e. The van der Waals surface area contributed by atoms with Crippen molar-refractivity contribution < 1.29 is 0 Å². The maximum atomic E-state index is 3.79. The highest BCUT2D eigenvalue weighted by Crippen LogP contribution is 2.27. The first-order chi connectivity index (χ1) is 7.79. The summed E-state index contributed by atoms with van der Waals surface area (Å²) in [5, 5.41) is 3.79. The van der Waals surface area contributed by atoms with Crippen LogP contribution in [0.2, 0.25) is 0 Å². The number of nitrogens with one attached hydrogen (secondary N) is 1. The van der Waals surface area contributed by atoms with Crippen LogP contribution in [0.1, 0.15) is 45.4 Å². The third-order valence-corrected chi connectivity index (χ3v) is 4.14. The molecule has 3 atom stereocenters. The molecule has 0 spiro atoms. The molecule has 0 aromatic heterocycles. The van der Waals surface area contributed by atoms with Crippen LogP contribution in [-0.2, 0) is 0 Å². The average molecular weight is 222 g/mol. The van der Waals surface area contributed by atoms with E-state index in [1.165, 1.54) is 45.2 Å². The van der Waals surface area contributed by atoms with E-state index in [0.717, 1.165) is 18.5 Å². The normalized spacial score (nSPS) is 32.3. The minimum Gasteiger partial charge on any atom is -0.311 e. The molecule has 2 aliphatic rings. The summed E-state index contributed by atoms with van der Waals surface area (Å²) in [4.78, 5) is 2.69. The quantitative estimate of drug-likeness (QED) is 0.719. The van der Waals surface area contributed by atoms with Gasteiger partial charge in [0.05, 0.1) is 0 Å². The van der Waals surface area contributed by atoms with Crippen LogP contribution in [0.3, 0.4) is 0 Å². The van der Waals surface area contributed by atoms with Crippen LogP contribution in [0.15, 0.2) is 12.7 Å². The van der Waals surface area contributed by atoms with Crippen molar-refractivity contribution in [2.75, 3.05) is 13.1 Å². The number of hydrogen-bond donors (Lipinski definition) is 1. The maximum Gasteiger partial charge on any atom is 0.0111 e. The van der Waals surface area contributed by atoms with Gasteiger partial charge in [0.25, 0.3) is 0 Å². The zero-order valence-electron chi connectivity index (χ0n) is 10.6. The van der Waals surface area contributed by atoms with Crippen molar-refractivity contribution in [2.24, 2.45) is 0 Å². The second-order valence-electron chi connectivity index (χ2n) is 5.49. The zero-order valence-corrected chi connectivity index (χ0v) is 10.6. The summed E-state index contributed by atoms with van der Waals surface area (Å²) >= 11 is 0. The molecule has 3 unspecified atom stereocenters. The van der Waals surface area contributed by atoms with Gasteiger partial charge in [0.1, 0.15) is 0 Å². The van der Waals surface area contributed by atoms with Crippen LogP contribution in [0.5, 0.6) is 0 Å². The Morgan fingerprint density at radius 3 is 3.12 bits per heavy atom. The molecule has 2 heteroatoms. The average Bonchev–Trinajstić information content (AvgIpc) is 2.73. The van der Waals surface area contributed by atoms with Gasteiger partial charge in [-0.15, -0.1) is 6.58 Å². The van der Waals surface area contributed by atoms with Gasteiger partial charge in [-0.1, -0.05) is 6.08 Å². The molecular formula is C14H26N2. The van der Waals surface area contributed by atoms with Crippen LogP contribution in [0.25, 0.3) is 0 Å². The lowest BCUT2D eigenvalue weighted by Crippen LogP contribution is -2.47. The molecule has 2 aliphatic heterocycles. The van der Waals surface area contributed by atoms with Crippen LogP contribution < -0.4 is 5.32 Å². The molecule has 0 aromatic rings. The van der Waals surface area contributed by atoms with Gasteiger partial charge in [-0.05, 0) is 58.5 Å². The molecule has 92 valence electrons. The fourth-order valence-corrected chi connectivity index (χ4v) is 3.23. The fourth-order valence-electron chi connectivity index (χ4n) is 3.23. The SMILES string of the molecule is C=CCCC(C)NC1CCN2CCCC2C1. The van der Waals surface area contributed by atoms with E-state index in [1.807, 2.05) is 6.08 Å². The van der Waals surface area contributed by atoms with Crippen LogP contribution >= 0.6 is 0 Å². The summed E-state index contributed by atoms with van der Waals surface area (Å²) in [6.07, 6.45) is 9.96. The summed E-state index contributed by atoms with van der Waals surface area (Å²) < 4.78 is 0. The van der Waals surface area contributed by atoms with E-state index in [2.05, 4.69) is 23.7 Å². The third-order valence-electron chi connectivity index (χ3n) is 4.14. The van der Waals surface area contributed by atoms with Crippen LogP contribution in [0.4, 0.5) is 0 Å². The molecule has 2 rings (SSSR count). The van der Waals surface area contributed by atoms with Gasteiger partial charge in [-0.25, -0.2) is 0 Å². The Morgan fingerprint density at radius 1 is 1.44 bits per heavy atom. The first-order valence-corrected chi connectivity index (χ1v) is 6.90. The van der Waals surface area contributed by atoms with Crippen molar-refractivity contribution in [1.29, 1.82) is 0 Å². The molecule has 16 heavy (non-hydrogen) atoms. The van der Waals surface area contributed by atoms with Gasteiger partial charge in [-0.3, -0.25) is 0 Å². The van der Waals surface area contributed by atoms with E-state index >= 15 is 0 Å². The van der Waals surface area contributed by atoms with Gasteiger partial charge in [0.15, 0.2) is 0 Å². The second-order valence-corrected chi connectivity index (χ2v) is 5.49. The Hall–Kier alpha value is -0.340. The topological polar surface area (TPSA) is 15.3 Å². The molecule has 0 saturated carbocycles. The minimum absolute atomic E-state index is 0.649. The van der Waals surface area contributed by atoms with E-state index in [-0.39, 0.29) is 0 Å². The fraction of sp³-hybridized carbons (Fsp3) is 0.857. The van der Waals surface area contributed by atoms with Gasteiger partial charge < -0.3 is 10.2 Å². The predicted octanol–water partition coefficient (Wildman–Crippen LogP) is 2.56. The molecule has 0 aromatic carbocycles. The van der Waals surface area contributed by atoms with E-state index in [9.17, 15) is 0 Å². The highest BCUT2D eigenvalue weighted by Gasteiger charge is 2.31. The molecule has 0 bridgehead atoms. The van der Waals surface area contributed by atoms with Crippen LogP contribution in [0, 0.1) is 0 Å². The summed E-state index contributed by atoms with van der Waals surface area (Å²) in [7, 11) is 0. The number of nitrogens with zero attached hydrogens (tertiary/aromatic N) is 1. The maximum absolute atomic E-state index is 3.79. The Kier molecular flexibility index (Phi) is 4.42. The molecule has 2 fully saturated rings. The van der Waals surface area contributed by atoms with Gasteiger partial charge >= 0.3 is 0 Å². The Morgan fingerprint density at radius 2 is 2.31 bits per heavy atom. The first-order valence-electron chi connectivity index (χ1n) is 6.90. The molecule has 1 N–H and O–H groups in total. The molecule has 2 nitrogen and oxygen atoms in total. The largest absolute Gasteiger partial charge is 0.311 e. The van der Waals surface area contributed by atoms with Crippen molar-refractivity contribution in [2.45, 2.75) is 63.6 Å². The summed E-state index contributed by atoms with van der Waals surface area (Å²) in [5.41, 5.74) is 0. The summed E-state index contributed by atoms with van der Waals surface area (Å²) in [6.45, 7) is 8.77. The minimum atomic E-state index is 0.649. The highest BCUT2D eigenvalue weighted by molar-refractivity contribution is 4.90. The van der Waals surface area contributed by atoms with E-state index < -0.39 is 0 Å². The number of rotatable bonds is 5. The molecule has 0 amide bonds. The van der Waals surface area contributed by atoms with Gasteiger partial charge in [0.2, 0.25) is 0 Å². The Balaban J connectivity index is 1.72. The molecule has 2 saturated heterocycles. The lowest BCUT2D eigenvalue weighted by Gasteiger charge is -2.36. The van der Waals surface area contributed by atoms with Gasteiger partial charge in [-0.2, -0.15) is 0 Å². The number of fused-ring (bicyclic) bond motifs is 1. The monoisotopic (exact) mass is 222 g/mol. The van der Waals surface area contributed by atoms with Crippen molar-refractivity contribution >= 4 is 0 Å². The van der Waals surface area contributed by atoms with E-state index in [0.29, 0.717) is 6.04 Å². The standard InChI is InChI=1S/C14H26N2/c1-3-4-6-12(2)15-13-8-10-16-9-5-7-14(16)11-13/h3,12-15H,1,4-11H2,2H3. The second kappa shape index (κ2) is 5.83. The highest BCUT2D eigenvalue weighted by atomic mass is 15.2. The molecule has 2 heterocycles. The summed E-state index contributed by atoms with van der Waals surface area (Å²) in [5.74, 6) is 0. The summed E-state index contributed by atoms with van der Waals surface area (Å²) in [6, 6.07) is 2.30. The third kappa shape index (κ3) is 3.08. The first kappa shape index (κ1) is 12.1. The molecular weight excluding hydrogens is 196 g/mol. The molecule has 0 radical (unpaired) electrons. The number of piperidine rings is 1. The Bertz CT molecular complexity index is 227. The van der Waals surface area contributed by atoms with Crippen LogP contribution in [-0.4, -0.2) is 36.1 Å². The van der Waals surface area contributed by atoms with Crippen molar-refractivity contribution in [3.8, 4) is 0 Å².